The van der Waals surface area contributed by atoms with Crippen LogP contribution < -0.4 is 4.74 Å². The first-order chi connectivity index (χ1) is 10.2. The molecule has 0 fully saturated rings. The SMILES string of the molecule is CCc1ccc(Cn2c(=S)[nH]c3ccc(OC)cc32)cc1. The number of nitrogens with zero attached hydrogens (tertiary/aromatic N) is 1. The Morgan fingerprint density at radius 2 is 1.81 bits per heavy atom. The lowest BCUT2D eigenvalue weighted by Crippen LogP contribution is -2.00. The summed E-state index contributed by atoms with van der Waals surface area (Å²) in [4.78, 5) is 3.24. The average Bonchev–Trinajstić information content (AvgIpc) is 2.83. The molecule has 108 valence electrons. The number of hydrogen-bond donors (Lipinski definition) is 1. The topological polar surface area (TPSA) is 29.9 Å². The lowest BCUT2D eigenvalue weighted by Gasteiger charge is -2.07. The van der Waals surface area contributed by atoms with Crippen molar-refractivity contribution in [2.75, 3.05) is 7.11 Å². The fourth-order valence-electron chi connectivity index (χ4n) is 2.48. The number of ether oxygens (including phenoxy) is 1. The minimum absolute atomic E-state index is 0.734. The van der Waals surface area contributed by atoms with E-state index in [1.165, 1.54) is 11.1 Å². The fourth-order valence-corrected chi connectivity index (χ4v) is 2.75. The highest BCUT2D eigenvalue weighted by Crippen LogP contribution is 2.21. The smallest absolute Gasteiger partial charge is 0.178 e. The van der Waals surface area contributed by atoms with E-state index in [-0.39, 0.29) is 0 Å². The van der Waals surface area contributed by atoms with Crippen molar-refractivity contribution in [2.24, 2.45) is 0 Å². The Hall–Kier alpha value is -2.07. The molecule has 4 heteroatoms. The highest BCUT2D eigenvalue weighted by Gasteiger charge is 2.06. The Morgan fingerprint density at radius 3 is 2.48 bits per heavy atom. The third-order valence-electron chi connectivity index (χ3n) is 3.75. The molecule has 0 radical (unpaired) electrons. The number of imidazole rings is 1. The third-order valence-corrected chi connectivity index (χ3v) is 4.08. The van der Waals surface area contributed by atoms with Crippen molar-refractivity contribution in [3.05, 3.63) is 58.4 Å². The third kappa shape index (κ3) is 2.72. The summed E-state index contributed by atoms with van der Waals surface area (Å²) in [5, 5.41) is 0. The largest absolute Gasteiger partial charge is 0.497 e. The Kier molecular flexibility index (Phi) is 3.80. The van der Waals surface area contributed by atoms with Crippen molar-refractivity contribution in [3.63, 3.8) is 0 Å². The highest BCUT2D eigenvalue weighted by molar-refractivity contribution is 7.71. The first-order valence-corrected chi connectivity index (χ1v) is 7.46. The van der Waals surface area contributed by atoms with Crippen molar-refractivity contribution in [2.45, 2.75) is 19.9 Å². The van der Waals surface area contributed by atoms with E-state index in [9.17, 15) is 0 Å². The van der Waals surface area contributed by atoms with Crippen LogP contribution in [0.4, 0.5) is 0 Å². The van der Waals surface area contributed by atoms with Crippen molar-refractivity contribution in [1.29, 1.82) is 0 Å². The van der Waals surface area contributed by atoms with Gasteiger partial charge in [0, 0.05) is 6.07 Å². The molecule has 1 aromatic heterocycles. The van der Waals surface area contributed by atoms with Crippen molar-refractivity contribution < 1.29 is 4.74 Å². The predicted molar refractivity (Wildman–Crippen MR) is 88.6 cm³/mol. The van der Waals surface area contributed by atoms with Crippen molar-refractivity contribution in [3.8, 4) is 5.75 Å². The molecule has 0 bridgehead atoms. The Bertz CT molecular complexity index is 815. The second-order valence-electron chi connectivity index (χ2n) is 5.07. The number of hydrogen-bond acceptors (Lipinski definition) is 2. The van der Waals surface area contributed by atoms with Gasteiger partial charge in [0.25, 0.3) is 0 Å². The van der Waals surface area contributed by atoms with E-state index in [0.717, 1.165) is 34.5 Å². The van der Waals surface area contributed by atoms with Crippen molar-refractivity contribution >= 4 is 23.3 Å². The zero-order valence-electron chi connectivity index (χ0n) is 12.2. The van der Waals surface area contributed by atoms with Crippen LogP contribution in [0.3, 0.4) is 0 Å². The monoisotopic (exact) mass is 298 g/mol. The number of nitrogens with one attached hydrogen (secondary N) is 1. The first-order valence-electron chi connectivity index (χ1n) is 7.05. The van der Waals surface area contributed by atoms with E-state index in [2.05, 4.69) is 40.7 Å². The van der Waals surface area contributed by atoms with Crippen LogP contribution in [0.2, 0.25) is 0 Å². The molecule has 2 aromatic carbocycles. The van der Waals surface area contributed by atoms with Gasteiger partial charge in [-0.1, -0.05) is 31.2 Å². The maximum Gasteiger partial charge on any atom is 0.178 e. The molecule has 3 nitrogen and oxygen atoms in total. The Morgan fingerprint density at radius 1 is 1.10 bits per heavy atom. The van der Waals surface area contributed by atoms with Crippen LogP contribution in [-0.2, 0) is 13.0 Å². The van der Waals surface area contributed by atoms with Crippen molar-refractivity contribution in [1.82, 2.24) is 9.55 Å². The Balaban J connectivity index is 2.02. The molecule has 0 atom stereocenters. The number of benzene rings is 2. The summed E-state index contributed by atoms with van der Waals surface area (Å²) >= 11 is 5.45. The highest BCUT2D eigenvalue weighted by atomic mass is 32.1. The summed E-state index contributed by atoms with van der Waals surface area (Å²) in [6.07, 6.45) is 1.06. The second kappa shape index (κ2) is 5.74. The van der Waals surface area contributed by atoms with E-state index in [1.807, 2.05) is 18.2 Å². The lowest BCUT2D eigenvalue weighted by atomic mass is 10.1. The molecule has 0 aliphatic rings. The van der Waals surface area contributed by atoms with Crippen LogP contribution in [0.25, 0.3) is 11.0 Å². The molecule has 0 aliphatic heterocycles. The van der Waals surface area contributed by atoms with Gasteiger partial charge in [0.1, 0.15) is 5.75 Å². The van der Waals surface area contributed by atoms with Gasteiger partial charge < -0.3 is 14.3 Å². The number of aryl methyl sites for hydroxylation is 1. The fraction of sp³-hybridized carbons (Fsp3) is 0.235. The zero-order chi connectivity index (χ0) is 14.8. The lowest BCUT2D eigenvalue weighted by molar-refractivity contribution is 0.415. The van der Waals surface area contributed by atoms with Gasteiger partial charge in [-0.05, 0) is 41.9 Å². The minimum Gasteiger partial charge on any atom is -0.497 e. The quantitative estimate of drug-likeness (QED) is 0.727. The number of aromatic nitrogens is 2. The molecular weight excluding hydrogens is 280 g/mol. The Labute approximate surface area is 129 Å². The van der Waals surface area contributed by atoms with Crippen LogP contribution in [0, 0.1) is 4.77 Å². The molecule has 0 amide bonds. The van der Waals surface area contributed by atoms with Gasteiger partial charge in [0.2, 0.25) is 0 Å². The van der Waals surface area contributed by atoms with Gasteiger partial charge >= 0.3 is 0 Å². The number of aromatic amines is 1. The molecule has 0 saturated carbocycles. The van der Waals surface area contributed by atoms with E-state index in [1.54, 1.807) is 7.11 Å². The van der Waals surface area contributed by atoms with Crippen LogP contribution in [0.5, 0.6) is 5.75 Å². The maximum atomic E-state index is 5.45. The molecule has 21 heavy (non-hydrogen) atoms. The molecule has 3 rings (SSSR count). The molecule has 0 spiro atoms. The molecule has 3 aromatic rings. The molecule has 0 aliphatic carbocycles. The van der Waals surface area contributed by atoms with Crippen LogP contribution in [-0.4, -0.2) is 16.7 Å². The number of methoxy groups -OCH3 is 1. The number of rotatable bonds is 4. The van der Waals surface area contributed by atoms with Crippen LogP contribution in [0.15, 0.2) is 42.5 Å². The molecule has 0 unspecified atom stereocenters. The van der Waals surface area contributed by atoms with E-state index in [4.69, 9.17) is 17.0 Å². The van der Waals surface area contributed by atoms with Gasteiger partial charge in [-0.2, -0.15) is 0 Å². The second-order valence-corrected chi connectivity index (χ2v) is 5.46. The first kappa shape index (κ1) is 13.9. The average molecular weight is 298 g/mol. The maximum absolute atomic E-state index is 5.45. The van der Waals surface area contributed by atoms with Gasteiger partial charge in [0.05, 0.1) is 24.7 Å². The van der Waals surface area contributed by atoms with Gasteiger partial charge in [-0.15, -0.1) is 0 Å². The molecule has 1 heterocycles. The van der Waals surface area contributed by atoms with E-state index >= 15 is 0 Å². The van der Waals surface area contributed by atoms with Crippen LogP contribution >= 0.6 is 12.2 Å². The van der Waals surface area contributed by atoms with E-state index in [0.29, 0.717) is 0 Å². The normalized spacial score (nSPS) is 11.0. The zero-order valence-corrected chi connectivity index (χ0v) is 13.0. The molecule has 1 N–H and O–H groups in total. The number of fused-ring (bicyclic) bond motifs is 1. The van der Waals surface area contributed by atoms with Gasteiger partial charge in [-0.3, -0.25) is 0 Å². The van der Waals surface area contributed by atoms with Crippen LogP contribution in [0.1, 0.15) is 18.1 Å². The van der Waals surface area contributed by atoms with Gasteiger partial charge in [0.15, 0.2) is 4.77 Å². The van der Waals surface area contributed by atoms with Gasteiger partial charge in [-0.25, -0.2) is 0 Å². The summed E-state index contributed by atoms with van der Waals surface area (Å²) in [5.74, 6) is 0.839. The van der Waals surface area contributed by atoms with E-state index < -0.39 is 0 Å². The summed E-state index contributed by atoms with van der Waals surface area (Å²) < 4.78 is 8.15. The molecule has 0 saturated heterocycles. The summed E-state index contributed by atoms with van der Waals surface area (Å²) in [5.41, 5.74) is 4.69. The minimum atomic E-state index is 0.734. The molecular formula is C17H18N2OS. The number of H-pyrrole nitrogens is 1. The standard InChI is InChI=1S/C17H18N2OS/c1-3-12-4-6-13(7-5-12)11-19-16-10-14(20-2)8-9-15(16)18-17(19)21/h4-10H,3,11H2,1-2H3,(H,18,21). The summed E-state index contributed by atoms with van der Waals surface area (Å²) in [7, 11) is 1.68. The summed E-state index contributed by atoms with van der Waals surface area (Å²) in [6.45, 7) is 2.92. The predicted octanol–water partition coefficient (Wildman–Crippen LogP) is 4.32. The summed E-state index contributed by atoms with van der Waals surface area (Å²) in [6, 6.07) is 14.6.